The Labute approximate surface area is 191 Å². The number of hydrogen-bond donors (Lipinski definition) is 1. The Morgan fingerprint density at radius 2 is 1.69 bits per heavy atom. The van der Waals surface area contributed by atoms with Gasteiger partial charge in [0, 0.05) is 31.9 Å². The standard InChI is InChI=1S/C27H30N2O2Si/c1-17-14-18(27(30)31)8-11-21(17)26-22-12-9-19(28(2)3)15-24(22)32(6,7)25-16-20(29(4)5)10-13-23(25)26/h8-16H,1-7H3/p+1. The lowest BCUT2D eigenvalue weighted by Crippen LogP contribution is -2.49. The van der Waals surface area contributed by atoms with Gasteiger partial charge in [-0.05, 0) is 75.5 Å². The van der Waals surface area contributed by atoms with E-state index in [0.29, 0.717) is 5.56 Å². The molecule has 0 saturated heterocycles. The summed E-state index contributed by atoms with van der Waals surface area (Å²) in [6.45, 7) is 6.87. The Bertz CT molecular complexity index is 1270. The highest BCUT2D eigenvalue weighted by Crippen LogP contribution is 2.42. The van der Waals surface area contributed by atoms with Gasteiger partial charge in [-0.3, -0.25) is 0 Å². The molecule has 1 heterocycles. The first-order chi connectivity index (χ1) is 15.0. The molecule has 164 valence electrons. The highest BCUT2D eigenvalue weighted by atomic mass is 28.3. The molecule has 0 atom stereocenters. The zero-order chi connectivity index (χ0) is 23.4. The van der Waals surface area contributed by atoms with E-state index in [1.165, 1.54) is 38.5 Å². The van der Waals surface area contributed by atoms with Crippen molar-refractivity contribution in [2.75, 3.05) is 33.1 Å². The number of carboxylic acid groups (broad SMARTS) is 1. The summed E-state index contributed by atoms with van der Waals surface area (Å²) < 4.78 is 2.16. The van der Waals surface area contributed by atoms with E-state index in [-0.39, 0.29) is 0 Å². The largest absolute Gasteiger partial charge is 0.478 e. The number of nitrogens with zero attached hydrogens (tertiary/aromatic N) is 2. The molecule has 1 aliphatic heterocycles. The number of aryl methyl sites for hydroxylation is 1. The number of fused-ring (bicyclic) bond motifs is 2. The van der Waals surface area contributed by atoms with Crippen molar-refractivity contribution in [1.29, 1.82) is 0 Å². The first kappa shape index (κ1) is 22.0. The summed E-state index contributed by atoms with van der Waals surface area (Å²) in [7, 11) is 6.34. The third-order valence-electron chi connectivity index (χ3n) is 6.67. The van der Waals surface area contributed by atoms with Crippen LogP contribution in [-0.4, -0.2) is 57.6 Å². The molecule has 0 bridgehead atoms. The second-order valence-electron chi connectivity index (χ2n) is 9.58. The predicted octanol–water partition coefficient (Wildman–Crippen LogP) is 4.24. The van der Waals surface area contributed by atoms with Crippen LogP contribution in [0.3, 0.4) is 0 Å². The molecule has 0 saturated carbocycles. The van der Waals surface area contributed by atoms with Crippen molar-refractivity contribution in [2.24, 2.45) is 0 Å². The van der Waals surface area contributed by atoms with Gasteiger partial charge in [0.15, 0.2) is 5.71 Å². The SMILES string of the molecule is Cc1cc(C(=O)O)ccc1C1=C2C=CC(=[N+](C)C)C=C2[Si](C)(C)c2cc(N(C)C)ccc21. The average molecular weight is 444 g/mol. The summed E-state index contributed by atoms with van der Waals surface area (Å²) >= 11 is 0. The van der Waals surface area contributed by atoms with Crippen molar-refractivity contribution in [2.45, 2.75) is 20.0 Å². The van der Waals surface area contributed by atoms with Crippen LogP contribution in [0.1, 0.15) is 27.0 Å². The quantitative estimate of drug-likeness (QED) is 0.570. The van der Waals surface area contributed by atoms with Crippen LogP contribution in [0.5, 0.6) is 0 Å². The van der Waals surface area contributed by atoms with Crippen molar-refractivity contribution < 1.29 is 14.5 Å². The number of hydrogen-bond acceptors (Lipinski definition) is 2. The minimum atomic E-state index is -1.98. The monoisotopic (exact) mass is 443 g/mol. The highest BCUT2D eigenvalue weighted by molar-refractivity contribution is 6.98. The lowest BCUT2D eigenvalue weighted by atomic mass is 9.87. The second-order valence-corrected chi connectivity index (χ2v) is 13.9. The van der Waals surface area contributed by atoms with Gasteiger partial charge >= 0.3 is 5.97 Å². The summed E-state index contributed by atoms with van der Waals surface area (Å²) in [5.74, 6) is -0.895. The van der Waals surface area contributed by atoms with Crippen molar-refractivity contribution in [3.63, 3.8) is 0 Å². The predicted molar refractivity (Wildman–Crippen MR) is 136 cm³/mol. The van der Waals surface area contributed by atoms with E-state index < -0.39 is 14.0 Å². The number of aromatic carboxylic acids is 1. The summed E-state index contributed by atoms with van der Waals surface area (Å²) in [6, 6.07) is 12.3. The number of carboxylic acids is 1. The summed E-state index contributed by atoms with van der Waals surface area (Å²) in [6.07, 6.45) is 6.79. The van der Waals surface area contributed by atoms with Gasteiger partial charge < -0.3 is 10.0 Å². The molecule has 2 aromatic rings. The summed E-state index contributed by atoms with van der Waals surface area (Å²) in [5.41, 5.74) is 8.54. The molecule has 2 aromatic carbocycles. The molecule has 0 aromatic heterocycles. The topological polar surface area (TPSA) is 43.5 Å². The molecule has 5 heteroatoms. The average Bonchev–Trinajstić information content (AvgIpc) is 2.74. The lowest BCUT2D eigenvalue weighted by molar-refractivity contribution is -0.462. The summed E-state index contributed by atoms with van der Waals surface area (Å²) in [5, 5.41) is 12.3. The maximum atomic E-state index is 11.5. The van der Waals surface area contributed by atoms with Gasteiger partial charge in [0.1, 0.15) is 22.2 Å². The van der Waals surface area contributed by atoms with Gasteiger partial charge in [0.05, 0.1) is 5.56 Å². The second kappa shape index (κ2) is 7.75. The van der Waals surface area contributed by atoms with E-state index in [4.69, 9.17) is 0 Å². The fourth-order valence-electron chi connectivity index (χ4n) is 4.75. The minimum absolute atomic E-state index is 0.323. The van der Waals surface area contributed by atoms with Gasteiger partial charge in [-0.15, -0.1) is 0 Å². The van der Waals surface area contributed by atoms with Crippen LogP contribution in [0.2, 0.25) is 13.1 Å². The molecular formula is C27H31N2O2Si+. The van der Waals surface area contributed by atoms with Crippen molar-refractivity contribution >= 4 is 36.2 Å². The normalized spacial score (nSPS) is 16.3. The fraction of sp³-hybridized carbons (Fsp3) is 0.259. The van der Waals surface area contributed by atoms with E-state index >= 15 is 0 Å². The fourth-order valence-corrected chi connectivity index (χ4v) is 7.82. The Hall–Kier alpha value is -3.18. The lowest BCUT2D eigenvalue weighted by Gasteiger charge is -2.38. The molecule has 1 aliphatic carbocycles. The zero-order valence-corrected chi connectivity index (χ0v) is 20.9. The third-order valence-corrected chi connectivity index (χ3v) is 10.2. The van der Waals surface area contributed by atoms with Crippen LogP contribution in [0.15, 0.2) is 65.4 Å². The summed E-state index contributed by atoms with van der Waals surface area (Å²) in [4.78, 5) is 13.7. The van der Waals surface area contributed by atoms with E-state index in [2.05, 4.69) is 87.2 Å². The molecule has 0 spiro atoms. The van der Waals surface area contributed by atoms with Crippen LogP contribution in [0.4, 0.5) is 5.69 Å². The van der Waals surface area contributed by atoms with Crippen molar-refractivity contribution in [1.82, 2.24) is 0 Å². The van der Waals surface area contributed by atoms with Crippen LogP contribution in [-0.2, 0) is 0 Å². The third kappa shape index (κ3) is 3.47. The van der Waals surface area contributed by atoms with Gasteiger partial charge in [-0.25, -0.2) is 9.37 Å². The molecule has 32 heavy (non-hydrogen) atoms. The molecule has 2 aliphatic rings. The van der Waals surface area contributed by atoms with Gasteiger partial charge in [0.25, 0.3) is 0 Å². The van der Waals surface area contributed by atoms with Crippen molar-refractivity contribution in [3.05, 3.63) is 87.6 Å². The van der Waals surface area contributed by atoms with Crippen LogP contribution < -0.4 is 10.1 Å². The number of benzene rings is 2. The number of anilines is 1. The minimum Gasteiger partial charge on any atom is -0.478 e. The molecule has 4 rings (SSSR count). The van der Waals surface area contributed by atoms with E-state index in [0.717, 1.165) is 11.1 Å². The first-order valence-corrected chi connectivity index (χ1v) is 13.9. The zero-order valence-electron chi connectivity index (χ0n) is 19.9. The molecular weight excluding hydrogens is 412 g/mol. The molecule has 4 nitrogen and oxygen atoms in total. The van der Waals surface area contributed by atoms with Crippen LogP contribution >= 0.6 is 0 Å². The molecule has 0 unspecified atom stereocenters. The van der Waals surface area contributed by atoms with Crippen LogP contribution in [0, 0.1) is 6.92 Å². The van der Waals surface area contributed by atoms with E-state index in [1.54, 1.807) is 12.1 Å². The van der Waals surface area contributed by atoms with Gasteiger partial charge in [0.2, 0.25) is 0 Å². The van der Waals surface area contributed by atoms with E-state index in [1.807, 2.05) is 13.0 Å². The number of rotatable bonds is 3. The van der Waals surface area contributed by atoms with Crippen LogP contribution in [0.25, 0.3) is 5.57 Å². The Morgan fingerprint density at radius 3 is 2.28 bits per heavy atom. The van der Waals surface area contributed by atoms with Crippen molar-refractivity contribution in [3.8, 4) is 0 Å². The van der Waals surface area contributed by atoms with Gasteiger partial charge in [-0.2, -0.15) is 0 Å². The molecule has 0 amide bonds. The molecule has 1 N–H and O–H groups in total. The number of carbonyl (C=O) groups is 1. The Kier molecular flexibility index (Phi) is 5.33. The highest BCUT2D eigenvalue weighted by Gasteiger charge is 2.40. The smallest absolute Gasteiger partial charge is 0.335 e. The maximum Gasteiger partial charge on any atom is 0.335 e. The molecule has 0 fully saturated rings. The van der Waals surface area contributed by atoms with E-state index in [9.17, 15) is 9.90 Å². The molecule has 0 radical (unpaired) electrons. The number of allylic oxidation sites excluding steroid dienone is 5. The first-order valence-electron chi connectivity index (χ1n) is 10.9. The Morgan fingerprint density at radius 1 is 1.00 bits per heavy atom. The maximum absolute atomic E-state index is 11.5. The van der Waals surface area contributed by atoms with Gasteiger partial charge in [-0.1, -0.05) is 25.2 Å². The Balaban J connectivity index is 2.08.